The van der Waals surface area contributed by atoms with E-state index in [0.717, 1.165) is 24.4 Å². The van der Waals surface area contributed by atoms with Gasteiger partial charge in [-0.25, -0.2) is 0 Å². The molecular formula is C19H21NO3. The molecule has 0 amide bonds. The van der Waals surface area contributed by atoms with Crippen LogP contribution in [-0.4, -0.2) is 36.2 Å². The number of para-hydroxylation sites is 1. The van der Waals surface area contributed by atoms with Crippen LogP contribution >= 0.6 is 0 Å². The lowest BCUT2D eigenvalue weighted by atomic mass is 9.88. The standard InChI is InChI=1S/C19H21NO3/c1-23-18-10-6-5-9-15(18)16-12-20(13-17(16)19(21)22)11-14-7-3-2-4-8-14/h2-10,16-17H,11-13H2,1H3,(H,21,22)/t16-,17-/m1/s1. The Labute approximate surface area is 136 Å². The topological polar surface area (TPSA) is 49.8 Å². The van der Waals surface area contributed by atoms with Crippen LogP contribution in [0, 0.1) is 5.92 Å². The van der Waals surface area contributed by atoms with Gasteiger partial charge in [-0.1, -0.05) is 48.5 Å². The van der Waals surface area contributed by atoms with E-state index in [1.807, 2.05) is 42.5 Å². The number of ether oxygens (including phenoxy) is 1. The minimum absolute atomic E-state index is 0.0487. The molecule has 1 heterocycles. The van der Waals surface area contributed by atoms with E-state index in [1.165, 1.54) is 5.56 Å². The molecule has 1 aliphatic heterocycles. The van der Waals surface area contributed by atoms with Gasteiger partial charge in [0.25, 0.3) is 0 Å². The third-order valence-corrected chi connectivity index (χ3v) is 4.50. The third-order valence-electron chi connectivity index (χ3n) is 4.50. The number of likely N-dealkylation sites (tertiary alicyclic amines) is 1. The highest BCUT2D eigenvalue weighted by molar-refractivity contribution is 5.72. The number of nitrogens with zero attached hydrogens (tertiary/aromatic N) is 1. The summed E-state index contributed by atoms with van der Waals surface area (Å²) < 4.78 is 5.43. The average molecular weight is 311 g/mol. The van der Waals surface area contributed by atoms with Crippen molar-refractivity contribution < 1.29 is 14.6 Å². The monoisotopic (exact) mass is 311 g/mol. The zero-order valence-electron chi connectivity index (χ0n) is 13.2. The molecule has 4 heteroatoms. The van der Waals surface area contributed by atoms with Gasteiger partial charge in [0.2, 0.25) is 0 Å². The zero-order chi connectivity index (χ0) is 16.2. The highest BCUT2D eigenvalue weighted by atomic mass is 16.5. The summed E-state index contributed by atoms with van der Waals surface area (Å²) in [4.78, 5) is 13.9. The molecule has 0 aliphatic carbocycles. The number of hydrogen-bond donors (Lipinski definition) is 1. The van der Waals surface area contributed by atoms with Crippen LogP contribution in [0.1, 0.15) is 17.0 Å². The maximum atomic E-state index is 11.7. The summed E-state index contributed by atoms with van der Waals surface area (Å²) in [5.74, 6) is -0.427. The molecule has 1 saturated heterocycles. The Morgan fingerprint density at radius 3 is 2.52 bits per heavy atom. The summed E-state index contributed by atoms with van der Waals surface area (Å²) in [6.07, 6.45) is 0. The van der Waals surface area contributed by atoms with Crippen molar-refractivity contribution in [2.75, 3.05) is 20.2 Å². The second-order valence-electron chi connectivity index (χ2n) is 5.97. The van der Waals surface area contributed by atoms with Gasteiger partial charge in [-0.05, 0) is 17.2 Å². The van der Waals surface area contributed by atoms with Crippen molar-refractivity contribution in [1.29, 1.82) is 0 Å². The lowest BCUT2D eigenvalue weighted by Gasteiger charge is -2.18. The van der Waals surface area contributed by atoms with Gasteiger partial charge in [0.1, 0.15) is 5.75 Å². The minimum Gasteiger partial charge on any atom is -0.496 e. The number of methoxy groups -OCH3 is 1. The van der Waals surface area contributed by atoms with Gasteiger partial charge in [0.15, 0.2) is 0 Å². The first-order valence-corrected chi connectivity index (χ1v) is 7.81. The molecular weight excluding hydrogens is 290 g/mol. The normalized spacial score (nSPS) is 21.3. The van der Waals surface area contributed by atoms with Crippen LogP contribution in [0.25, 0.3) is 0 Å². The minimum atomic E-state index is -0.739. The molecule has 0 unspecified atom stereocenters. The molecule has 0 saturated carbocycles. The van der Waals surface area contributed by atoms with E-state index in [2.05, 4.69) is 17.0 Å². The molecule has 2 aromatic carbocycles. The third kappa shape index (κ3) is 3.37. The SMILES string of the molecule is COc1ccccc1[C@H]1CN(Cc2ccccc2)C[C@H]1C(=O)O. The Morgan fingerprint density at radius 1 is 1.13 bits per heavy atom. The molecule has 1 fully saturated rings. The second-order valence-corrected chi connectivity index (χ2v) is 5.97. The fraction of sp³-hybridized carbons (Fsp3) is 0.316. The molecule has 23 heavy (non-hydrogen) atoms. The molecule has 2 atom stereocenters. The predicted molar refractivity (Wildman–Crippen MR) is 88.6 cm³/mol. The van der Waals surface area contributed by atoms with Crippen molar-refractivity contribution in [1.82, 2.24) is 4.90 Å². The average Bonchev–Trinajstić information content (AvgIpc) is 2.99. The molecule has 1 aliphatic rings. The van der Waals surface area contributed by atoms with E-state index in [1.54, 1.807) is 7.11 Å². The summed E-state index contributed by atoms with van der Waals surface area (Å²) in [7, 11) is 1.63. The van der Waals surface area contributed by atoms with E-state index >= 15 is 0 Å². The maximum Gasteiger partial charge on any atom is 0.308 e. The quantitative estimate of drug-likeness (QED) is 0.922. The number of aliphatic carboxylic acids is 1. The number of carbonyl (C=O) groups is 1. The summed E-state index contributed by atoms with van der Waals surface area (Å²) in [5.41, 5.74) is 2.19. The molecule has 0 spiro atoms. The number of benzene rings is 2. The fourth-order valence-corrected chi connectivity index (χ4v) is 3.39. The number of hydrogen-bond acceptors (Lipinski definition) is 3. The van der Waals surface area contributed by atoms with Crippen molar-refractivity contribution in [2.45, 2.75) is 12.5 Å². The van der Waals surface area contributed by atoms with Crippen molar-refractivity contribution in [2.24, 2.45) is 5.92 Å². The van der Waals surface area contributed by atoms with Crippen molar-refractivity contribution >= 4 is 5.97 Å². The first kappa shape index (κ1) is 15.6. The lowest BCUT2D eigenvalue weighted by Crippen LogP contribution is -2.23. The number of rotatable bonds is 5. The molecule has 0 bridgehead atoms. The van der Waals surface area contributed by atoms with Crippen molar-refractivity contribution in [3.8, 4) is 5.75 Å². The van der Waals surface area contributed by atoms with Gasteiger partial charge in [0.05, 0.1) is 13.0 Å². The predicted octanol–water partition coefficient (Wildman–Crippen LogP) is 3.00. The molecule has 3 rings (SSSR count). The highest BCUT2D eigenvalue weighted by Crippen LogP contribution is 2.38. The highest BCUT2D eigenvalue weighted by Gasteiger charge is 2.39. The second kappa shape index (κ2) is 6.84. The Hall–Kier alpha value is -2.33. The van der Waals surface area contributed by atoms with Crippen LogP contribution < -0.4 is 4.74 Å². The van der Waals surface area contributed by atoms with Gasteiger partial charge in [0, 0.05) is 25.6 Å². The van der Waals surface area contributed by atoms with E-state index < -0.39 is 11.9 Å². The first-order chi connectivity index (χ1) is 11.2. The number of carboxylic acid groups (broad SMARTS) is 1. The Balaban J connectivity index is 1.83. The van der Waals surface area contributed by atoms with Crippen molar-refractivity contribution in [3.63, 3.8) is 0 Å². The Morgan fingerprint density at radius 2 is 1.83 bits per heavy atom. The van der Waals surface area contributed by atoms with E-state index in [4.69, 9.17) is 4.74 Å². The van der Waals surface area contributed by atoms with E-state index in [-0.39, 0.29) is 5.92 Å². The van der Waals surface area contributed by atoms with Crippen LogP contribution in [0.15, 0.2) is 54.6 Å². The first-order valence-electron chi connectivity index (χ1n) is 7.81. The zero-order valence-corrected chi connectivity index (χ0v) is 13.2. The largest absolute Gasteiger partial charge is 0.496 e. The maximum absolute atomic E-state index is 11.7. The molecule has 2 aromatic rings. The molecule has 1 N–H and O–H groups in total. The van der Waals surface area contributed by atoms with Gasteiger partial charge in [-0.3, -0.25) is 9.69 Å². The Kier molecular flexibility index (Phi) is 4.63. The fourth-order valence-electron chi connectivity index (χ4n) is 3.39. The molecule has 0 aromatic heterocycles. The van der Waals surface area contributed by atoms with Crippen LogP contribution in [0.3, 0.4) is 0 Å². The summed E-state index contributed by atoms with van der Waals surface area (Å²) in [6, 6.07) is 17.9. The van der Waals surface area contributed by atoms with Crippen LogP contribution in [0.5, 0.6) is 5.75 Å². The molecule has 0 radical (unpaired) electrons. The smallest absolute Gasteiger partial charge is 0.308 e. The van der Waals surface area contributed by atoms with Crippen LogP contribution in [-0.2, 0) is 11.3 Å². The van der Waals surface area contributed by atoms with Crippen LogP contribution in [0.4, 0.5) is 0 Å². The van der Waals surface area contributed by atoms with Gasteiger partial charge in [-0.2, -0.15) is 0 Å². The number of carboxylic acids is 1. The van der Waals surface area contributed by atoms with E-state index in [9.17, 15) is 9.90 Å². The Bertz CT molecular complexity index is 671. The van der Waals surface area contributed by atoms with Gasteiger partial charge in [-0.15, -0.1) is 0 Å². The van der Waals surface area contributed by atoms with Crippen LogP contribution in [0.2, 0.25) is 0 Å². The summed E-state index contributed by atoms with van der Waals surface area (Å²) in [5, 5.41) is 9.62. The van der Waals surface area contributed by atoms with Crippen molar-refractivity contribution in [3.05, 3.63) is 65.7 Å². The van der Waals surface area contributed by atoms with Gasteiger partial charge >= 0.3 is 5.97 Å². The lowest BCUT2D eigenvalue weighted by molar-refractivity contribution is -0.141. The summed E-state index contributed by atoms with van der Waals surface area (Å²) >= 11 is 0. The molecule has 4 nitrogen and oxygen atoms in total. The summed E-state index contributed by atoms with van der Waals surface area (Å²) in [6.45, 7) is 2.06. The van der Waals surface area contributed by atoms with Gasteiger partial charge < -0.3 is 9.84 Å². The van der Waals surface area contributed by atoms with E-state index in [0.29, 0.717) is 6.54 Å². The molecule has 120 valence electrons.